The van der Waals surface area contributed by atoms with Gasteiger partial charge in [-0.05, 0) is 13.3 Å². The summed E-state index contributed by atoms with van der Waals surface area (Å²) in [6.07, 6.45) is 2.25. The highest BCUT2D eigenvalue weighted by molar-refractivity contribution is 4.82. The monoisotopic (exact) mass is 144 g/mol. The number of hydrogen-bond acceptors (Lipinski definition) is 2. The van der Waals surface area contributed by atoms with E-state index in [0.717, 1.165) is 19.4 Å². The van der Waals surface area contributed by atoms with Crippen LogP contribution in [0.15, 0.2) is 0 Å². The van der Waals surface area contributed by atoms with Gasteiger partial charge in [-0.3, -0.25) is 0 Å². The normalized spacial score (nSPS) is 40.5. The van der Waals surface area contributed by atoms with E-state index >= 15 is 0 Å². The van der Waals surface area contributed by atoms with Gasteiger partial charge < -0.3 is 0 Å². The summed E-state index contributed by atoms with van der Waals surface area (Å²) in [5.74, 6) is 0.535. The van der Waals surface area contributed by atoms with Crippen molar-refractivity contribution in [1.82, 2.24) is 0 Å². The van der Waals surface area contributed by atoms with Gasteiger partial charge >= 0.3 is 0 Å². The second-order valence-corrected chi connectivity index (χ2v) is 3.33. The molecule has 0 aromatic rings. The lowest BCUT2D eigenvalue weighted by atomic mass is 9.88. The summed E-state index contributed by atoms with van der Waals surface area (Å²) >= 11 is 0. The molecular formula is C8H16O2. The molecule has 0 aromatic carbocycles. The van der Waals surface area contributed by atoms with Crippen molar-refractivity contribution >= 4 is 0 Å². The Hall–Kier alpha value is -0.0800. The first-order valence-corrected chi connectivity index (χ1v) is 3.99. The molecule has 0 amide bonds. The van der Waals surface area contributed by atoms with Gasteiger partial charge in [0.05, 0.1) is 6.61 Å². The van der Waals surface area contributed by atoms with E-state index in [1.165, 1.54) is 0 Å². The van der Waals surface area contributed by atoms with E-state index < -0.39 is 0 Å². The molecule has 0 aliphatic carbocycles. The summed E-state index contributed by atoms with van der Waals surface area (Å²) < 4.78 is 0. The van der Waals surface area contributed by atoms with Gasteiger partial charge in [-0.15, -0.1) is 0 Å². The largest absolute Gasteiger partial charge is 0.236 e. The van der Waals surface area contributed by atoms with Crippen LogP contribution in [0.2, 0.25) is 0 Å². The Morgan fingerprint density at radius 1 is 1.60 bits per heavy atom. The zero-order chi connectivity index (χ0) is 7.61. The molecule has 1 saturated heterocycles. The molecule has 1 heterocycles. The molecule has 1 aliphatic heterocycles. The predicted octanol–water partition coefficient (Wildman–Crippen LogP) is 2.14. The molecule has 0 saturated carbocycles. The zero-order valence-corrected chi connectivity index (χ0v) is 7.02. The maximum atomic E-state index is 5.19. The molecule has 10 heavy (non-hydrogen) atoms. The fourth-order valence-electron chi connectivity index (χ4n) is 1.31. The number of hydrogen-bond donors (Lipinski definition) is 0. The molecule has 0 N–H and O–H groups in total. The molecule has 0 radical (unpaired) electrons. The van der Waals surface area contributed by atoms with Gasteiger partial charge in [0, 0.05) is 5.92 Å². The zero-order valence-electron chi connectivity index (χ0n) is 7.02. The van der Waals surface area contributed by atoms with E-state index in [4.69, 9.17) is 9.78 Å². The summed E-state index contributed by atoms with van der Waals surface area (Å²) in [6.45, 7) is 7.20. The van der Waals surface area contributed by atoms with E-state index in [1.54, 1.807) is 0 Å². The highest BCUT2D eigenvalue weighted by Crippen LogP contribution is 2.32. The highest BCUT2D eigenvalue weighted by Gasteiger charge is 2.38. The van der Waals surface area contributed by atoms with Crippen LogP contribution >= 0.6 is 0 Å². The molecule has 2 unspecified atom stereocenters. The van der Waals surface area contributed by atoms with Crippen LogP contribution in [-0.2, 0) is 9.78 Å². The van der Waals surface area contributed by atoms with Crippen molar-refractivity contribution < 1.29 is 9.78 Å². The molecule has 0 bridgehead atoms. The molecule has 0 spiro atoms. The minimum atomic E-state index is -0.0191. The average molecular weight is 144 g/mol. The number of rotatable bonds is 2. The Bertz CT molecular complexity index is 114. The van der Waals surface area contributed by atoms with E-state index in [0.29, 0.717) is 5.92 Å². The second-order valence-electron chi connectivity index (χ2n) is 3.33. The van der Waals surface area contributed by atoms with Crippen LogP contribution in [0.1, 0.15) is 33.6 Å². The van der Waals surface area contributed by atoms with Gasteiger partial charge in [-0.25, -0.2) is 9.78 Å². The Labute approximate surface area is 62.4 Å². The first kappa shape index (κ1) is 8.02. The highest BCUT2D eigenvalue weighted by atomic mass is 17.2. The average Bonchev–Trinajstić information content (AvgIpc) is 2.15. The van der Waals surface area contributed by atoms with Gasteiger partial charge in [-0.2, -0.15) is 0 Å². The molecule has 2 nitrogen and oxygen atoms in total. The van der Waals surface area contributed by atoms with Crippen LogP contribution in [0.25, 0.3) is 0 Å². The SMILES string of the molecule is CCCC1(C)OOCC1C. The maximum Gasteiger partial charge on any atom is 0.106 e. The summed E-state index contributed by atoms with van der Waals surface area (Å²) in [5.41, 5.74) is -0.0191. The molecular weight excluding hydrogens is 128 g/mol. The maximum absolute atomic E-state index is 5.19. The van der Waals surface area contributed by atoms with Crippen LogP contribution < -0.4 is 0 Å². The van der Waals surface area contributed by atoms with E-state index in [-0.39, 0.29) is 5.60 Å². The first-order valence-electron chi connectivity index (χ1n) is 3.99. The third kappa shape index (κ3) is 1.32. The van der Waals surface area contributed by atoms with Crippen molar-refractivity contribution in [1.29, 1.82) is 0 Å². The molecule has 1 fully saturated rings. The lowest BCUT2D eigenvalue weighted by Gasteiger charge is -2.23. The summed E-state index contributed by atoms with van der Waals surface area (Å²) in [5, 5.41) is 0. The van der Waals surface area contributed by atoms with Crippen LogP contribution in [0.4, 0.5) is 0 Å². The Balaban J connectivity index is 2.48. The van der Waals surface area contributed by atoms with E-state index in [1.807, 2.05) is 0 Å². The third-order valence-corrected chi connectivity index (χ3v) is 2.36. The van der Waals surface area contributed by atoms with Gasteiger partial charge in [0.2, 0.25) is 0 Å². The van der Waals surface area contributed by atoms with E-state index in [2.05, 4.69) is 20.8 Å². The van der Waals surface area contributed by atoms with Gasteiger partial charge in [0.15, 0.2) is 0 Å². The van der Waals surface area contributed by atoms with Crippen molar-refractivity contribution in [3.8, 4) is 0 Å². The lowest BCUT2D eigenvalue weighted by Crippen LogP contribution is -2.30. The molecule has 0 aromatic heterocycles. The molecule has 2 atom stereocenters. The third-order valence-electron chi connectivity index (χ3n) is 2.36. The molecule has 2 heteroatoms. The van der Waals surface area contributed by atoms with Crippen molar-refractivity contribution in [3.05, 3.63) is 0 Å². The van der Waals surface area contributed by atoms with Gasteiger partial charge in [0.1, 0.15) is 5.60 Å². The van der Waals surface area contributed by atoms with E-state index in [9.17, 15) is 0 Å². The fourth-order valence-corrected chi connectivity index (χ4v) is 1.31. The van der Waals surface area contributed by atoms with Gasteiger partial charge in [0.25, 0.3) is 0 Å². The Morgan fingerprint density at radius 3 is 2.70 bits per heavy atom. The van der Waals surface area contributed by atoms with Crippen molar-refractivity contribution in [3.63, 3.8) is 0 Å². The second kappa shape index (κ2) is 2.89. The van der Waals surface area contributed by atoms with Crippen molar-refractivity contribution in [2.45, 2.75) is 39.2 Å². The predicted molar refractivity (Wildman–Crippen MR) is 39.5 cm³/mol. The van der Waals surface area contributed by atoms with Gasteiger partial charge in [-0.1, -0.05) is 20.3 Å². The standard InChI is InChI=1S/C8H16O2/c1-4-5-8(3)7(2)6-9-10-8/h7H,4-6H2,1-3H3. The molecule has 1 aliphatic rings. The van der Waals surface area contributed by atoms with Crippen molar-refractivity contribution in [2.24, 2.45) is 5.92 Å². The summed E-state index contributed by atoms with van der Waals surface area (Å²) in [6, 6.07) is 0. The van der Waals surface area contributed by atoms with Crippen LogP contribution in [-0.4, -0.2) is 12.2 Å². The topological polar surface area (TPSA) is 18.5 Å². The van der Waals surface area contributed by atoms with Crippen LogP contribution in [0.3, 0.4) is 0 Å². The Morgan fingerprint density at radius 2 is 2.30 bits per heavy atom. The quantitative estimate of drug-likeness (QED) is 0.553. The molecule has 60 valence electrons. The minimum absolute atomic E-state index is 0.0191. The summed E-state index contributed by atoms with van der Waals surface area (Å²) in [7, 11) is 0. The van der Waals surface area contributed by atoms with Crippen LogP contribution in [0.5, 0.6) is 0 Å². The van der Waals surface area contributed by atoms with Crippen molar-refractivity contribution in [2.75, 3.05) is 6.61 Å². The fraction of sp³-hybridized carbons (Fsp3) is 1.00. The minimum Gasteiger partial charge on any atom is -0.236 e. The lowest BCUT2D eigenvalue weighted by molar-refractivity contribution is -0.306. The molecule has 1 rings (SSSR count). The Kier molecular flexibility index (Phi) is 2.32. The summed E-state index contributed by atoms with van der Waals surface area (Å²) in [4.78, 5) is 10.1. The smallest absolute Gasteiger partial charge is 0.106 e. The van der Waals surface area contributed by atoms with Crippen LogP contribution in [0, 0.1) is 5.92 Å². The first-order chi connectivity index (χ1) is 4.69.